The van der Waals surface area contributed by atoms with Gasteiger partial charge in [0, 0.05) is 18.4 Å². The van der Waals surface area contributed by atoms with Crippen molar-refractivity contribution in [2.75, 3.05) is 14.2 Å². The number of fused-ring (bicyclic) bond motifs is 1. The smallest absolute Gasteiger partial charge is 0.328 e. The Morgan fingerprint density at radius 3 is 2.46 bits per heavy atom. The van der Waals surface area contributed by atoms with Gasteiger partial charge in [-0.2, -0.15) is 5.10 Å². The van der Waals surface area contributed by atoms with Crippen LogP contribution < -0.4 is 5.32 Å². The van der Waals surface area contributed by atoms with Crippen molar-refractivity contribution in [1.29, 1.82) is 0 Å². The first-order chi connectivity index (χ1) is 13.4. The molecule has 0 saturated heterocycles. The van der Waals surface area contributed by atoms with E-state index in [0.717, 1.165) is 11.9 Å². The van der Waals surface area contributed by atoms with Gasteiger partial charge in [-0.25, -0.2) is 4.79 Å². The zero-order chi connectivity index (χ0) is 20.7. The van der Waals surface area contributed by atoms with Gasteiger partial charge in [0.1, 0.15) is 6.04 Å². The van der Waals surface area contributed by atoms with Crippen LogP contribution in [0.1, 0.15) is 43.6 Å². The summed E-state index contributed by atoms with van der Waals surface area (Å²) >= 11 is 0. The summed E-state index contributed by atoms with van der Waals surface area (Å²) in [5.41, 5.74) is 1.09. The molecule has 2 rings (SSSR count). The highest BCUT2D eigenvalue weighted by molar-refractivity contribution is 6.06. The van der Waals surface area contributed by atoms with Gasteiger partial charge in [-0.05, 0) is 24.8 Å². The van der Waals surface area contributed by atoms with E-state index in [1.807, 2.05) is 38.1 Å². The number of benzene rings is 1. The summed E-state index contributed by atoms with van der Waals surface area (Å²) in [7, 11) is 2.66. The normalized spacial score (nSPS) is 12.0. The highest BCUT2D eigenvalue weighted by Gasteiger charge is 2.27. The van der Waals surface area contributed by atoms with Crippen molar-refractivity contribution in [3.8, 4) is 0 Å². The van der Waals surface area contributed by atoms with Gasteiger partial charge in [-0.15, -0.1) is 0 Å². The van der Waals surface area contributed by atoms with Crippen LogP contribution in [0.3, 0.4) is 0 Å². The van der Waals surface area contributed by atoms with E-state index in [0.29, 0.717) is 24.8 Å². The van der Waals surface area contributed by atoms with Crippen LogP contribution in [0.2, 0.25) is 0 Å². The van der Waals surface area contributed by atoms with Crippen molar-refractivity contribution >= 4 is 28.7 Å². The average molecular weight is 389 g/mol. The molecule has 1 unspecified atom stereocenters. The molecule has 1 aromatic heterocycles. The minimum atomic E-state index is -0.749. The Bertz CT molecular complexity index is 843. The summed E-state index contributed by atoms with van der Waals surface area (Å²) in [6, 6.07) is 6.68. The predicted octanol–water partition coefficient (Wildman–Crippen LogP) is 2.31. The highest BCUT2D eigenvalue weighted by atomic mass is 16.5. The molecule has 28 heavy (non-hydrogen) atoms. The van der Waals surface area contributed by atoms with E-state index in [2.05, 4.69) is 15.2 Å². The number of hydrogen-bond acceptors (Lipinski definition) is 6. The van der Waals surface area contributed by atoms with Gasteiger partial charge in [-0.1, -0.05) is 32.0 Å². The van der Waals surface area contributed by atoms with Crippen LogP contribution in [0.15, 0.2) is 24.3 Å². The Balaban J connectivity index is 2.19. The molecule has 0 aliphatic rings. The monoisotopic (exact) mass is 389 g/mol. The summed E-state index contributed by atoms with van der Waals surface area (Å²) in [6.07, 6.45) is 1.73. The zero-order valence-corrected chi connectivity index (χ0v) is 16.7. The number of rotatable bonds is 9. The van der Waals surface area contributed by atoms with Gasteiger partial charge >= 0.3 is 11.9 Å². The Hall–Kier alpha value is -2.90. The molecule has 1 atom stereocenters. The molecule has 0 saturated carbocycles. The van der Waals surface area contributed by atoms with Crippen molar-refractivity contribution in [1.82, 2.24) is 15.1 Å². The van der Waals surface area contributed by atoms with E-state index in [-0.39, 0.29) is 17.6 Å². The maximum absolute atomic E-state index is 12.8. The topological polar surface area (TPSA) is 99.5 Å². The number of ether oxygens (including phenoxy) is 2. The molecule has 1 aromatic carbocycles. The molecule has 0 radical (unpaired) electrons. The van der Waals surface area contributed by atoms with Gasteiger partial charge in [0.05, 0.1) is 19.7 Å². The van der Waals surface area contributed by atoms with Crippen LogP contribution in [-0.2, 0) is 25.6 Å². The molecule has 2 aromatic rings. The maximum Gasteiger partial charge on any atom is 0.328 e. The van der Waals surface area contributed by atoms with Gasteiger partial charge in [0.25, 0.3) is 5.91 Å². The van der Waals surface area contributed by atoms with Crippen molar-refractivity contribution in [3.05, 3.63) is 30.0 Å². The Morgan fingerprint density at radius 2 is 1.82 bits per heavy atom. The number of aryl methyl sites for hydroxylation is 1. The Morgan fingerprint density at radius 1 is 1.11 bits per heavy atom. The average Bonchev–Trinajstić information content (AvgIpc) is 3.07. The second-order valence-corrected chi connectivity index (χ2v) is 6.84. The van der Waals surface area contributed by atoms with E-state index in [1.165, 1.54) is 14.2 Å². The second-order valence-electron chi connectivity index (χ2n) is 6.84. The number of hydrogen-bond donors (Lipinski definition) is 1. The van der Waals surface area contributed by atoms with E-state index in [4.69, 9.17) is 4.74 Å². The lowest BCUT2D eigenvalue weighted by Crippen LogP contribution is -2.45. The number of carbonyl (C=O) groups is 3. The fourth-order valence-electron chi connectivity index (χ4n) is 2.93. The first-order valence-corrected chi connectivity index (χ1v) is 9.30. The van der Waals surface area contributed by atoms with Crippen LogP contribution in [0.4, 0.5) is 0 Å². The van der Waals surface area contributed by atoms with Crippen LogP contribution in [-0.4, -0.2) is 47.9 Å². The van der Waals surface area contributed by atoms with E-state index in [1.54, 1.807) is 4.68 Å². The number of amides is 1. The minimum absolute atomic E-state index is 0.122. The number of aromatic nitrogens is 2. The summed E-state index contributed by atoms with van der Waals surface area (Å²) < 4.78 is 11.2. The fourth-order valence-corrected chi connectivity index (χ4v) is 2.93. The number of nitrogens with zero attached hydrogens (tertiary/aromatic N) is 2. The van der Waals surface area contributed by atoms with Crippen LogP contribution in [0.25, 0.3) is 10.9 Å². The fraction of sp³-hybridized carbons (Fsp3) is 0.500. The summed E-state index contributed by atoms with van der Waals surface area (Å²) in [5, 5.41) is 7.90. The highest BCUT2D eigenvalue weighted by Crippen LogP contribution is 2.20. The number of para-hydroxylation sites is 1. The number of unbranched alkanes of at least 4 members (excludes halogenated alkanes) is 1. The number of carbonyl (C=O) groups excluding carboxylic acids is 3. The lowest BCUT2D eigenvalue weighted by atomic mass is 10.0. The number of methoxy groups -OCH3 is 2. The zero-order valence-electron chi connectivity index (χ0n) is 16.7. The Kier molecular flexibility index (Phi) is 7.54. The molecular weight excluding hydrogens is 362 g/mol. The molecule has 8 nitrogen and oxygen atoms in total. The molecule has 0 fully saturated rings. The van der Waals surface area contributed by atoms with E-state index in [9.17, 15) is 14.4 Å². The molecule has 0 aliphatic carbocycles. The number of esters is 2. The minimum Gasteiger partial charge on any atom is -0.469 e. The SMILES string of the molecule is COC(=O)CCCCn1nc(C(=O)NC(C(=O)OC)C(C)C)c2ccccc21. The molecule has 152 valence electrons. The van der Waals surface area contributed by atoms with Crippen LogP contribution in [0.5, 0.6) is 0 Å². The molecule has 0 aliphatic heterocycles. The van der Waals surface area contributed by atoms with Gasteiger partial charge in [0.15, 0.2) is 5.69 Å². The summed E-state index contributed by atoms with van der Waals surface area (Å²) in [4.78, 5) is 36.0. The molecule has 1 N–H and O–H groups in total. The molecule has 0 spiro atoms. The lowest BCUT2D eigenvalue weighted by molar-refractivity contribution is -0.144. The first-order valence-electron chi connectivity index (χ1n) is 9.30. The standard InChI is InChI=1S/C20H27N3O5/c1-13(2)17(20(26)28-4)21-19(25)18-14-9-5-6-10-15(14)23(22-18)12-8-7-11-16(24)27-3/h5-6,9-10,13,17H,7-8,11-12H2,1-4H3,(H,21,25). The molecule has 8 heteroatoms. The van der Waals surface area contributed by atoms with Crippen molar-refractivity contribution in [2.45, 2.75) is 45.7 Å². The molecule has 1 amide bonds. The summed E-state index contributed by atoms with van der Waals surface area (Å²) in [6.45, 7) is 4.23. The lowest BCUT2D eigenvalue weighted by Gasteiger charge is -2.19. The first kappa shape index (κ1) is 21.4. The second kappa shape index (κ2) is 9.87. The quantitative estimate of drug-likeness (QED) is 0.522. The molecular formula is C20H27N3O5. The molecule has 1 heterocycles. The van der Waals surface area contributed by atoms with E-state index >= 15 is 0 Å². The van der Waals surface area contributed by atoms with Gasteiger partial charge in [-0.3, -0.25) is 14.3 Å². The van der Waals surface area contributed by atoms with Crippen LogP contribution in [0, 0.1) is 5.92 Å². The predicted molar refractivity (Wildman–Crippen MR) is 104 cm³/mol. The Labute approximate surface area is 164 Å². The van der Waals surface area contributed by atoms with Gasteiger partial charge in [0.2, 0.25) is 0 Å². The summed E-state index contributed by atoms with van der Waals surface area (Å²) in [5.74, 6) is -1.28. The third kappa shape index (κ3) is 5.09. The number of nitrogens with one attached hydrogen (secondary N) is 1. The van der Waals surface area contributed by atoms with Crippen molar-refractivity contribution < 1.29 is 23.9 Å². The van der Waals surface area contributed by atoms with Crippen LogP contribution >= 0.6 is 0 Å². The van der Waals surface area contributed by atoms with Gasteiger partial charge < -0.3 is 14.8 Å². The largest absolute Gasteiger partial charge is 0.469 e. The molecule has 0 bridgehead atoms. The van der Waals surface area contributed by atoms with Crippen molar-refractivity contribution in [2.24, 2.45) is 5.92 Å². The van der Waals surface area contributed by atoms with Crippen molar-refractivity contribution in [3.63, 3.8) is 0 Å². The third-order valence-electron chi connectivity index (χ3n) is 4.51. The maximum atomic E-state index is 12.8. The third-order valence-corrected chi connectivity index (χ3v) is 4.51. The van der Waals surface area contributed by atoms with E-state index < -0.39 is 17.9 Å².